The van der Waals surface area contributed by atoms with Crippen molar-refractivity contribution in [2.24, 2.45) is 0 Å². The first-order valence-electron chi connectivity index (χ1n) is 9.18. The van der Waals surface area contributed by atoms with Crippen molar-refractivity contribution in [2.75, 3.05) is 26.2 Å². The third-order valence-corrected chi connectivity index (χ3v) is 3.86. The highest BCUT2D eigenvalue weighted by Crippen LogP contribution is 2.32. The van der Waals surface area contributed by atoms with Crippen LogP contribution in [0.4, 0.5) is 0 Å². The molecule has 2 aromatic carbocycles. The summed E-state index contributed by atoms with van der Waals surface area (Å²) in [4.78, 5) is 0. The number of hydrogen-bond donors (Lipinski definition) is 2. The number of benzene rings is 2. The van der Waals surface area contributed by atoms with Gasteiger partial charge in [-0.05, 0) is 44.6 Å². The van der Waals surface area contributed by atoms with E-state index in [1.807, 2.05) is 37.3 Å². The Bertz CT molecular complexity index is 602. The van der Waals surface area contributed by atoms with Gasteiger partial charge in [-0.3, -0.25) is 0 Å². The van der Waals surface area contributed by atoms with Gasteiger partial charge in [0.25, 0.3) is 0 Å². The fourth-order valence-corrected chi connectivity index (χ4v) is 2.60. The van der Waals surface area contributed by atoms with E-state index in [2.05, 4.69) is 35.8 Å². The van der Waals surface area contributed by atoms with E-state index in [4.69, 9.17) is 9.47 Å². The van der Waals surface area contributed by atoms with Gasteiger partial charge in [-0.1, -0.05) is 49.4 Å². The zero-order valence-corrected chi connectivity index (χ0v) is 15.4. The van der Waals surface area contributed by atoms with Crippen LogP contribution in [-0.4, -0.2) is 26.2 Å². The quantitative estimate of drug-likeness (QED) is 0.577. The Balaban J connectivity index is 1.98. The highest BCUT2D eigenvalue weighted by atomic mass is 16.5. The predicted molar refractivity (Wildman–Crippen MR) is 103 cm³/mol. The third-order valence-electron chi connectivity index (χ3n) is 3.86. The molecule has 136 valence electrons. The lowest BCUT2D eigenvalue weighted by Crippen LogP contribution is -2.21. The Morgan fingerprint density at radius 1 is 0.840 bits per heavy atom. The monoisotopic (exact) mass is 342 g/mol. The first-order chi connectivity index (χ1) is 12.3. The summed E-state index contributed by atoms with van der Waals surface area (Å²) in [6.45, 7) is 9.10. The van der Waals surface area contributed by atoms with Crippen molar-refractivity contribution in [3.8, 4) is 11.5 Å². The molecular formula is C21H30N2O2. The molecule has 0 heterocycles. The standard InChI is InChI=1S/C21H30N2O2/c1-3-22-14-9-15-23-16-19-12-8-13-20(24-4-2)21(19)25-17-18-10-6-5-7-11-18/h5-8,10-13,22-23H,3-4,9,14-17H2,1-2H3. The molecule has 0 aliphatic heterocycles. The lowest BCUT2D eigenvalue weighted by atomic mass is 10.1. The Labute approximate surface area is 151 Å². The van der Waals surface area contributed by atoms with Crippen molar-refractivity contribution in [1.29, 1.82) is 0 Å². The van der Waals surface area contributed by atoms with Gasteiger partial charge >= 0.3 is 0 Å². The normalized spacial score (nSPS) is 10.6. The highest BCUT2D eigenvalue weighted by molar-refractivity contribution is 5.46. The van der Waals surface area contributed by atoms with Gasteiger partial charge in [-0.25, -0.2) is 0 Å². The number of nitrogens with one attached hydrogen (secondary N) is 2. The number of para-hydroxylation sites is 1. The molecule has 0 bridgehead atoms. The Kier molecular flexibility index (Phi) is 8.87. The maximum atomic E-state index is 6.13. The zero-order valence-electron chi connectivity index (χ0n) is 15.4. The molecule has 0 saturated carbocycles. The largest absolute Gasteiger partial charge is 0.490 e. The van der Waals surface area contributed by atoms with Crippen LogP contribution in [0.25, 0.3) is 0 Å². The smallest absolute Gasteiger partial charge is 0.166 e. The molecule has 0 atom stereocenters. The van der Waals surface area contributed by atoms with Crippen molar-refractivity contribution in [3.63, 3.8) is 0 Å². The van der Waals surface area contributed by atoms with Crippen LogP contribution in [0.15, 0.2) is 48.5 Å². The zero-order chi connectivity index (χ0) is 17.7. The van der Waals surface area contributed by atoms with Gasteiger partial charge in [-0.15, -0.1) is 0 Å². The Morgan fingerprint density at radius 3 is 2.40 bits per heavy atom. The van der Waals surface area contributed by atoms with Crippen LogP contribution < -0.4 is 20.1 Å². The lowest BCUT2D eigenvalue weighted by Gasteiger charge is -2.16. The second kappa shape index (κ2) is 11.5. The maximum Gasteiger partial charge on any atom is 0.166 e. The second-order valence-corrected chi connectivity index (χ2v) is 5.84. The van der Waals surface area contributed by atoms with E-state index in [-0.39, 0.29) is 0 Å². The predicted octanol–water partition coefficient (Wildman–Crippen LogP) is 3.75. The number of rotatable bonds is 12. The maximum absolute atomic E-state index is 6.13. The summed E-state index contributed by atoms with van der Waals surface area (Å²) in [6.07, 6.45) is 1.11. The van der Waals surface area contributed by atoms with E-state index in [0.29, 0.717) is 13.2 Å². The van der Waals surface area contributed by atoms with Crippen LogP contribution in [0.5, 0.6) is 11.5 Å². The van der Waals surface area contributed by atoms with Gasteiger partial charge in [-0.2, -0.15) is 0 Å². The van der Waals surface area contributed by atoms with Crippen LogP contribution >= 0.6 is 0 Å². The minimum Gasteiger partial charge on any atom is -0.490 e. The molecule has 0 aromatic heterocycles. The summed E-state index contributed by atoms with van der Waals surface area (Å²) >= 11 is 0. The van der Waals surface area contributed by atoms with Crippen LogP contribution in [0.1, 0.15) is 31.4 Å². The molecule has 2 N–H and O–H groups in total. The van der Waals surface area contributed by atoms with Crippen LogP contribution in [0.3, 0.4) is 0 Å². The summed E-state index contributed by atoms with van der Waals surface area (Å²) < 4.78 is 11.9. The van der Waals surface area contributed by atoms with Crippen LogP contribution in [0.2, 0.25) is 0 Å². The summed E-state index contributed by atoms with van der Waals surface area (Å²) in [5.74, 6) is 1.65. The fourth-order valence-electron chi connectivity index (χ4n) is 2.60. The minimum atomic E-state index is 0.540. The first-order valence-corrected chi connectivity index (χ1v) is 9.18. The van der Waals surface area contributed by atoms with E-state index in [9.17, 15) is 0 Å². The minimum absolute atomic E-state index is 0.540. The molecule has 4 nitrogen and oxygen atoms in total. The molecular weight excluding hydrogens is 312 g/mol. The molecule has 25 heavy (non-hydrogen) atoms. The summed E-state index contributed by atoms with van der Waals surface area (Å²) in [6, 6.07) is 16.3. The molecule has 2 aromatic rings. The van der Waals surface area contributed by atoms with E-state index in [1.54, 1.807) is 0 Å². The SMILES string of the molecule is CCNCCCNCc1cccc(OCC)c1OCc1ccccc1. The molecule has 0 unspecified atom stereocenters. The Morgan fingerprint density at radius 2 is 1.64 bits per heavy atom. The van der Waals surface area contributed by atoms with E-state index >= 15 is 0 Å². The topological polar surface area (TPSA) is 42.5 Å². The molecule has 0 amide bonds. The van der Waals surface area contributed by atoms with E-state index < -0.39 is 0 Å². The fraction of sp³-hybridized carbons (Fsp3) is 0.429. The number of ether oxygens (including phenoxy) is 2. The molecule has 0 aliphatic carbocycles. The van der Waals surface area contributed by atoms with Gasteiger partial charge in [0.2, 0.25) is 0 Å². The first kappa shape index (κ1) is 19.3. The second-order valence-electron chi connectivity index (χ2n) is 5.84. The van der Waals surface area contributed by atoms with Gasteiger partial charge in [0, 0.05) is 12.1 Å². The molecule has 0 aliphatic rings. The molecule has 0 spiro atoms. The van der Waals surface area contributed by atoms with Crippen molar-refractivity contribution in [2.45, 2.75) is 33.4 Å². The van der Waals surface area contributed by atoms with Gasteiger partial charge < -0.3 is 20.1 Å². The molecule has 4 heteroatoms. The van der Waals surface area contributed by atoms with Crippen LogP contribution in [0, 0.1) is 0 Å². The molecule has 0 fully saturated rings. The average molecular weight is 342 g/mol. The van der Waals surface area contributed by atoms with Gasteiger partial charge in [0.15, 0.2) is 11.5 Å². The van der Waals surface area contributed by atoms with E-state index in [1.165, 1.54) is 0 Å². The van der Waals surface area contributed by atoms with Crippen molar-refractivity contribution >= 4 is 0 Å². The van der Waals surface area contributed by atoms with Crippen molar-refractivity contribution in [3.05, 3.63) is 59.7 Å². The summed E-state index contributed by atoms with van der Waals surface area (Å²) in [7, 11) is 0. The number of hydrogen-bond acceptors (Lipinski definition) is 4. The van der Waals surface area contributed by atoms with Crippen LogP contribution in [-0.2, 0) is 13.2 Å². The highest BCUT2D eigenvalue weighted by Gasteiger charge is 2.11. The van der Waals surface area contributed by atoms with E-state index in [0.717, 1.165) is 55.2 Å². The average Bonchev–Trinajstić information content (AvgIpc) is 2.65. The molecule has 0 saturated heterocycles. The van der Waals surface area contributed by atoms with Gasteiger partial charge in [0.05, 0.1) is 6.61 Å². The lowest BCUT2D eigenvalue weighted by molar-refractivity contribution is 0.266. The summed E-state index contributed by atoms with van der Waals surface area (Å²) in [5, 5.41) is 6.83. The summed E-state index contributed by atoms with van der Waals surface area (Å²) in [5.41, 5.74) is 2.28. The Hall–Kier alpha value is -2.04. The van der Waals surface area contributed by atoms with Crippen molar-refractivity contribution < 1.29 is 9.47 Å². The molecule has 2 rings (SSSR count). The van der Waals surface area contributed by atoms with Gasteiger partial charge in [0.1, 0.15) is 6.61 Å². The molecule has 0 radical (unpaired) electrons. The van der Waals surface area contributed by atoms with Crippen molar-refractivity contribution in [1.82, 2.24) is 10.6 Å². The third kappa shape index (κ3) is 6.77.